The molecule has 2 N–H and O–H groups in total. The summed E-state index contributed by atoms with van der Waals surface area (Å²) >= 11 is 1.66. The third-order valence-corrected chi connectivity index (χ3v) is 5.72. The standard InChI is InChI=1S/C11H15N3O4S2/c1-12-8-2-3-11(10(6-8)14(15)16)20(17,18)13-9-4-5-19-7-9/h2-3,6,9,12-13H,4-5,7H2,1H3. The van der Waals surface area contributed by atoms with Crippen molar-refractivity contribution in [1.29, 1.82) is 0 Å². The second-order valence-electron chi connectivity index (χ2n) is 4.37. The Hall–Kier alpha value is -1.32. The second-order valence-corrected chi connectivity index (χ2v) is 7.20. The van der Waals surface area contributed by atoms with E-state index in [2.05, 4.69) is 10.0 Å². The number of benzene rings is 1. The highest BCUT2D eigenvalue weighted by molar-refractivity contribution is 7.99. The fourth-order valence-corrected chi connectivity index (χ4v) is 4.63. The molecule has 0 bridgehead atoms. The van der Waals surface area contributed by atoms with E-state index in [9.17, 15) is 18.5 Å². The Morgan fingerprint density at radius 2 is 2.20 bits per heavy atom. The minimum absolute atomic E-state index is 0.159. The Kier molecular flexibility index (Phi) is 4.51. The van der Waals surface area contributed by atoms with Crippen molar-refractivity contribution in [3.05, 3.63) is 28.3 Å². The van der Waals surface area contributed by atoms with Crippen molar-refractivity contribution in [2.75, 3.05) is 23.9 Å². The Morgan fingerprint density at radius 1 is 1.45 bits per heavy atom. The van der Waals surface area contributed by atoms with Crippen molar-refractivity contribution in [2.45, 2.75) is 17.4 Å². The minimum atomic E-state index is -3.88. The van der Waals surface area contributed by atoms with Crippen LogP contribution < -0.4 is 10.0 Å². The molecule has 9 heteroatoms. The molecular weight excluding hydrogens is 302 g/mol. The van der Waals surface area contributed by atoms with E-state index >= 15 is 0 Å². The fraction of sp³-hybridized carbons (Fsp3) is 0.455. The van der Waals surface area contributed by atoms with Gasteiger partial charge in [0.15, 0.2) is 4.90 Å². The van der Waals surface area contributed by atoms with Gasteiger partial charge >= 0.3 is 0 Å². The van der Waals surface area contributed by atoms with E-state index in [1.807, 2.05) is 0 Å². The molecule has 1 aromatic carbocycles. The molecule has 110 valence electrons. The van der Waals surface area contributed by atoms with Crippen molar-refractivity contribution >= 4 is 33.2 Å². The fourth-order valence-electron chi connectivity index (χ4n) is 1.95. The lowest BCUT2D eigenvalue weighted by Crippen LogP contribution is -2.34. The van der Waals surface area contributed by atoms with Gasteiger partial charge in [0.2, 0.25) is 10.0 Å². The molecule has 2 rings (SSSR count). The van der Waals surface area contributed by atoms with Gasteiger partial charge in [0.05, 0.1) is 4.92 Å². The molecule has 0 aliphatic carbocycles. The number of hydrogen-bond donors (Lipinski definition) is 2. The molecule has 0 aromatic heterocycles. The third-order valence-electron chi connectivity index (χ3n) is 2.99. The van der Waals surface area contributed by atoms with Gasteiger partial charge in [0.25, 0.3) is 5.69 Å². The molecule has 0 saturated carbocycles. The van der Waals surface area contributed by atoms with Gasteiger partial charge in [-0.3, -0.25) is 10.1 Å². The van der Waals surface area contributed by atoms with Crippen LogP contribution in [0, 0.1) is 10.1 Å². The van der Waals surface area contributed by atoms with E-state index in [1.54, 1.807) is 18.8 Å². The smallest absolute Gasteiger partial charge is 0.291 e. The number of anilines is 1. The Labute approximate surface area is 121 Å². The van der Waals surface area contributed by atoms with E-state index < -0.39 is 20.6 Å². The largest absolute Gasteiger partial charge is 0.388 e. The van der Waals surface area contributed by atoms with Crippen LogP contribution in [0.25, 0.3) is 0 Å². The topological polar surface area (TPSA) is 101 Å². The van der Waals surface area contributed by atoms with Gasteiger partial charge < -0.3 is 5.32 Å². The molecule has 1 heterocycles. The van der Waals surface area contributed by atoms with Crippen LogP contribution >= 0.6 is 11.8 Å². The minimum Gasteiger partial charge on any atom is -0.388 e. The molecule has 20 heavy (non-hydrogen) atoms. The predicted molar refractivity (Wildman–Crippen MR) is 78.7 cm³/mol. The number of hydrogen-bond acceptors (Lipinski definition) is 6. The number of nitro benzene ring substituents is 1. The summed E-state index contributed by atoms with van der Waals surface area (Å²) in [6, 6.07) is 3.82. The molecule has 1 saturated heterocycles. The lowest BCUT2D eigenvalue weighted by atomic mass is 10.3. The van der Waals surface area contributed by atoms with Crippen molar-refractivity contribution in [2.24, 2.45) is 0 Å². The normalized spacial score (nSPS) is 18.9. The van der Waals surface area contributed by atoms with E-state index in [0.717, 1.165) is 12.2 Å². The van der Waals surface area contributed by atoms with Crippen LogP contribution in [-0.2, 0) is 10.0 Å². The number of nitrogens with zero attached hydrogens (tertiary/aromatic N) is 1. The van der Waals surface area contributed by atoms with Crippen molar-refractivity contribution in [3.63, 3.8) is 0 Å². The second kappa shape index (κ2) is 5.98. The SMILES string of the molecule is CNc1ccc(S(=O)(=O)NC2CCSC2)c([N+](=O)[O-])c1. The molecule has 1 aliphatic heterocycles. The van der Waals surface area contributed by atoms with E-state index in [4.69, 9.17) is 0 Å². The van der Waals surface area contributed by atoms with Crippen LogP contribution in [0.2, 0.25) is 0 Å². The number of rotatable bonds is 5. The maximum absolute atomic E-state index is 12.3. The molecule has 1 fully saturated rings. The average Bonchev–Trinajstić information content (AvgIpc) is 2.90. The van der Waals surface area contributed by atoms with Gasteiger partial charge in [0.1, 0.15) is 0 Å². The first kappa shape index (κ1) is 15.1. The average molecular weight is 317 g/mol. The first-order valence-electron chi connectivity index (χ1n) is 6.00. The molecule has 1 aromatic rings. The number of nitrogens with one attached hydrogen (secondary N) is 2. The van der Waals surface area contributed by atoms with Crippen LogP contribution in [0.1, 0.15) is 6.42 Å². The summed E-state index contributed by atoms with van der Waals surface area (Å²) in [5.41, 5.74) is 0.0714. The van der Waals surface area contributed by atoms with Crippen LogP contribution in [0.4, 0.5) is 11.4 Å². The van der Waals surface area contributed by atoms with Gasteiger partial charge in [-0.2, -0.15) is 11.8 Å². The summed E-state index contributed by atoms with van der Waals surface area (Å²) in [5.74, 6) is 1.59. The molecule has 1 unspecified atom stereocenters. The Bertz CT molecular complexity index is 612. The number of thioether (sulfide) groups is 1. The zero-order valence-corrected chi connectivity index (χ0v) is 12.5. The van der Waals surface area contributed by atoms with Crippen LogP contribution in [0.3, 0.4) is 0 Å². The summed E-state index contributed by atoms with van der Waals surface area (Å²) in [7, 11) is -2.26. The highest BCUT2D eigenvalue weighted by Gasteiger charge is 2.29. The number of nitro groups is 1. The summed E-state index contributed by atoms with van der Waals surface area (Å²) in [4.78, 5) is 10.1. The van der Waals surface area contributed by atoms with Gasteiger partial charge in [0, 0.05) is 30.6 Å². The molecule has 7 nitrogen and oxygen atoms in total. The first-order chi connectivity index (χ1) is 9.44. The van der Waals surface area contributed by atoms with Gasteiger partial charge in [-0.05, 0) is 24.3 Å². The molecule has 0 spiro atoms. The van der Waals surface area contributed by atoms with Crippen molar-refractivity contribution in [3.8, 4) is 0 Å². The third kappa shape index (κ3) is 3.22. The summed E-state index contributed by atoms with van der Waals surface area (Å²) < 4.78 is 27.1. The van der Waals surface area contributed by atoms with Gasteiger partial charge in [-0.1, -0.05) is 0 Å². The zero-order chi connectivity index (χ0) is 14.8. The predicted octanol–water partition coefficient (Wildman–Crippen LogP) is 1.42. The number of sulfonamides is 1. The summed E-state index contributed by atoms with van der Waals surface area (Å²) in [6.45, 7) is 0. The van der Waals surface area contributed by atoms with Crippen molar-refractivity contribution in [1.82, 2.24) is 4.72 Å². The molecule has 0 radical (unpaired) electrons. The lowest BCUT2D eigenvalue weighted by Gasteiger charge is -2.12. The molecular formula is C11H15N3O4S2. The van der Waals surface area contributed by atoms with E-state index in [-0.39, 0.29) is 10.9 Å². The van der Waals surface area contributed by atoms with Crippen molar-refractivity contribution < 1.29 is 13.3 Å². The maximum atomic E-state index is 12.3. The molecule has 1 atom stereocenters. The summed E-state index contributed by atoms with van der Waals surface area (Å²) in [5, 5.41) is 13.8. The highest BCUT2D eigenvalue weighted by Crippen LogP contribution is 2.28. The van der Waals surface area contributed by atoms with Crippen LogP contribution in [-0.4, -0.2) is 37.9 Å². The Morgan fingerprint density at radius 3 is 2.75 bits per heavy atom. The van der Waals surface area contributed by atoms with E-state index in [1.165, 1.54) is 18.2 Å². The van der Waals surface area contributed by atoms with Gasteiger partial charge in [-0.15, -0.1) is 0 Å². The van der Waals surface area contributed by atoms with E-state index in [0.29, 0.717) is 11.4 Å². The summed E-state index contributed by atoms with van der Waals surface area (Å²) in [6.07, 6.45) is 0.742. The monoisotopic (exact) mass is 317 g/mol. The van der Waals surface area contributed by atoms with Gasteiger partial charge in [-0.25, -0.2) is 13.1 Å². The lowest BCUT2D eigenvalue weighted by molar-refractivity contribution is -0.387. The highest BCUT2D eigenvalue weighted by atomic mass is 32.2. The molecule has 0 amide bonds. The van der Waals surface area contributed by atoms with Crippen LogP contribution in [0.15, 0.2) is 23.1 Å². The Balaban J connectivity index is 2.37. The maximum Gasteiger partial charge on any atom is 0.291 e. The molecule has 1 aliphatic rings. The van der Waals surface area contributed by atoms with Crippen LogP contribution in [0.5, 0.6) is 0 Å². The first-order valence-corrected chi connectivity index (χ1v) is 8.64. The quantitative estimate of drug-likeness (QED) is 0.629. The zero-order valence-electron chi connectivity index (χ0n) is 10.8.